The Labute approximate surface area is 82.7 Å². The van der Waals surface area contributed by atoms with Crippen LogP contribution in [0.1, 0.15) is 26.7 Å². The Hall–Kier alpha value is 0.167. The third kappa shape index (κ3) is 1.14. The van der Waals surface area contributed by atoms with Crippen molar-refractivity contribution in [2.45, 2.75) is 56.0 Å². The Bertz CT molecular complexity index is 302. The molecule has 0 unspecified atom stereocenters. The third-order valence-corrected chi connectivity index (χ3v) is 12.5. The van der Waals surface area contributed by atoms with Crippen molar-refractivity contribution in [2.24, 2.45) is 0 Å². The lowest BCUT2D eigenvalue weighted by Crippen LogP contribution is -2.44. The monoisotopic (exact) mass is 220 g/mol. The van der Waals surface area contributed by atoms with E-state index >= 15 is 0 Å². The molecule has 1 fully saturated rings. The van der Waals surface area contributed by atoms with Crippen molar-refractivity contribution in [3.05, 3.63) is 0 Å². The van der Waals surface area contributed by atoms with Gasteiger partial charge in [-0.25, -0.2) is 8.42 Å². The molecule has 0 spiro atoms. The number of rotatable bonds is 3. The minimum atomic E-state index is -2.76. The van der Waals surface area contributed by atoms with Crippen LogP contribution in [0.2, 0.25) is 19.6 Å². The van der Waals surface area contributed by atoms with Crippen molar-refractivity contribution < 1.29 is 8.42 Å². The van der Waals surface area contributed by atoms with Crippen LogP contribution in [0.5, 0.6) is 0 Å². The van der Waals surface area contributed by atoms with E-state index in [9.17, 15) is 8.42 Å². The zero-order valence-electron chi connectivity index (χ0n) is 9.22. The van der Waals surface area contributed by atoms with E-state index in [0.29, 0.717) is 0 Å². The molecule has 0 aromatic rings. The van der Waals surface area contributed by atoms with Crippen LogP contribution in [0.25, 0.3) is 0 Å². The van der Waals surface area contributed by atoms with E-state index < -0.39 is 17.9 Å². The standard InChI is InChI=1S/C9H20O2SSi/c1-6-8-9(7-2,12(8,10)11)13(3,4)5/h8H,6-7H2,1-5H3/t8-,9-/m1/s1. The first-order chi connectivity index (χ1) is 5.75. The lowest BCUT2D eigenvalue weighted by Gasteiger charge is -2.25. The molecule has 0 radical (unpaired) electrons. The summed E-state index contributed by atoms with van der Waals surface area (Å²) in [5.74, 6) is 0. The molecule has 1 rings (SSSR count). The molecule has 0 bridgehead atoms. The lowest BCUT2D eigenvalue weighted by atomic mass is 10.2. The SMILES string of the molecule is CC[C@@H]1[C@@](CC)([Si](C)(C)C)S1(=O)=O. The van der Waals surface area contributed by atoms with Gasteiger partial charge in [0.2, 0.25) is 0 Å². The molecule has 2 nitrogen and oxygen atoms in total. The summed E-state index contributed by atoms with van der Waals surface area (Å²) in [4.78, 5) is 0. The van der Waals surface area contributed by atoms with Gasteiger partial charge >= 0.3 is 0 Å². The van der Waals surface area contributed by atoms with Gasteiger partial charge in [-0.05, 0) is 12.8 Å². The smallest absolute Gasteiger partial charge is 0.158 e. The number of sulfone groups is 1. The summed E-state index contributed by atoms with van der Waals surface area (Å²) < 4.78 is 23.4. The molecule has 1 saturated heterocycles. The van der Waals surface area contributed by atoms with Crippen LogP contribution in [0, 0.1) is 0 Å². The summed E-state index contributed by atoms with van der Waals surface area (Å²) in [7, 11) is -4.34. The zero-order chi connectivity index (χ0) is 10.5. The second-order valence-corrected chi connectivity index (χ2v) is 13.1. The van der Waals surface area contributed by atoms with Crippen molar-refractivity contribution in [2.75, 3.05) is 0 Å². The molecule has 0 aromatic carbocycles. The highest BCUT2D eigenvalue weighted by molar-refractivity contribution is 8.03. The fourth-order valence-corrected chi connectivity index (χ4v) is 12.6. The molecule has 4 heteroatoms. The topological polar surface area (TPSA) is 34.1 Å². The molecule has 1 aliphatic heterocycles. The summed E-state index contributed by atoms with van der Waals surface area (Å²) in [5.41, 5.74) is 0. The molecule has 0 saturated carbocycles. The van der Waals surface area contributed by atoms with E-state index in [2.05, 4.69) is 19.6 Å². The quantitative estimate of drug-likeness (QED) is 0.540. The summed E-state index contributed by atoms with van der Waals surface area (Å²) in [6.07, 6.45) is 1.60. The van der Waals surface area contributed by atoms with E-state index in [1.165, 1.54) is 0 Å². The Morgan fingerprint density at radius 1 is 1.23 bits per heavy atom. The normalized spacial score (nSPS) is 37.5. The van der Waals surface area contributed by atoms with E-state index in [1.807, 2.05) is 13.8 Å². The van der Waals surface area contributed by atoms with Gasteiger partial charge in [0.1, 0.15) is 0 Å². The van der Waals surface area contributed by atoms with E-state index in [-0.39, 0.29) is 9.62 Å². The maximum absolute atomic E-state index is 11.9. The summed E-state index contributed by atoms with van der Waals surface area (Å²) in [6.45, 7) is 10.5. The molecule has 1 aliphatic rings. The third-order valence-electron chi connectivity index (χ3n) is 3.51. The molecular formula is C9H20O2SSi. The van der Waals surface area contributed by atoms with Gasteiger partial charge in [0.15, 0.2) is 9.84 Å². The van der Waals surface area contributed by atoms with Crippen molar-refractivity contribution in [3.8, 4) is 0 Å². The van der Waals surface area contributed by atoms with Crippen molar-refractivity contribution in [1.82, 2.24) is 0 Å². The van der Waals surface area contributed by atoms with Crippen LogP contribution in [-0.2, 0) is 9.84 Å². The molecular weight excluding hydrogens is 200 g/mol. The van der Waals surface area contributed by atoms with Crippen molar-refractivity contribution in [3.63, 3.8) is 0 Å². The van der Waals surface area contributed by atoms with Crippen LogP contribution in [0.15, 0.2) is 0 Å². The highest BCUT2D eigenvalue weighted by Gasteiger charge is 2.74. The van der Waals surface area contributed by atoms with Crippen LogP contribution in [-0.4, -0.2) is 26.1 Å². The number of hydrogen-bond donors (Lipinski definition) is 0. The summed E-state index contributed by atoms with van der Waals surface area (Å²) >= 11 is 0. The van der Waals surface area contributed by atoms with E-state index in [0.717, 1.165) is 12.8 Å². The Morgan fingerprint density at radius 2 is 1.69 bits per heavy atom. The zero-order valence-corrected chi connectivity index (χ0v) is 11.0. The molecule has 78 valence electrons. The molecule has 0 N–H and O–H groups in total. The molecule has 13 heavy (non-hydrogen) atoms. The highest BCUT2D eigenvalue weighted by Crippen LogP contribution is 2.55. The summed E-state index contributed by atoms with van der Waals surface area (Å²) in [6, 6.07) is 0. The van der Waals surface area contributed by atoms with Gasteiger partial charge in [0.05, 0.1) is 17.7 Å². The molecule has 0 aromatic heterocycles. The van der Waals surface area contributed by atoms with Gasteiger partial charge in [-0.3, -0.25) is 0 Å². The fourth-order valence-electron chi connectivity index (χ4n) is 2.86. The van der Waals surface area contributed by atoms with E-state index in [1.54, 1.807) is 0 Å². The van der Waals surface area contributed by atoms with Gasteiger partial charge in [-0.1, -0.05) is 33.5 Å². The Kier molecular flexibility index (Phi) is 2.44. The first kappa shape index (κ1) is 11.2. The maximum Gasteiger partial charge on any atom is 0.158 e. The molecule has 0 aliphatic carbocycles. The average Bonchev–Trinajstić information content (AvgIpc) is 2.45. The summed E-state index contributed by atoms with van der Waals surface area (Å²) in [5, 5.41) is -0.0309. The first-order valence-corrected chi connectivity index (χ1v) is 10.0. The second-order valence-electron chi connectivity index (χ2n) is 4.93. The van der Waals surface area contributed by atoms with Gasteiger partial charge in [-0.15, -0.1) is 0 Å². The second kappa shape index (κ2) is 2.83. The van der Waals surface area contributed by atoms with Crippen molar-refractivity contribution in [1.29, 1.82) is 0 Å². The van der Waals surface area contributed by atoms with Gasteiger partial charge in [0.25, 0.3) is 0 Å². The van der Waals surface area contributed by atoms with Crippen LogP contribution < -0.4 is 0 Å². The molecule has 0 amide bonds. The minimum Gasteiger partial charge on any atom is -0.228 e. The lowest BCUT2D eigenvalue weighted by molar-refractivity contribution is 0.608. The minimum absolute atomic E-state index is 0.0309. The average molecular weight is 220 g/mol. The van der Waals surface area contributed by atoms with E-state index in [4.69, 9.17) is 0 Å². The van der Waals surface area contributed by atoms with Gasteiger partial charge in [0, 0.05) is 0 Å². The largest absolute Gasteiger partial charge is 0.228 e. The fraction of sp³-hybridized carbons (Fsp3) is 1.00. The number of hydrogen-bond acceptors (Lipinski definition) is 2. The van der Waals surface area contributed by atoms with Gasteiger partial charge in [-0.2, -0.15) is 0 Å². The van der Waals surface area contributed by atoms with Crippen molar-refractivity contribution >= 4 is 17.9 Å². The molecule has 2 atom stereocenters. The van der Waals surface area contributed by atoms with Crippen LogP contribution in [0.3, 0.4) is 0 Å². The van der Waals surface area contributed by atoms with Gasteiger partial charge < -0.3 is 0 Å². The Morgan fingerprint density at radius 3 is 1.77 bits per heavy atom. The predicted molar refractivity (Wildman–Crippen MR) is 59.4 cm³/mol. The first-order valence-electron chi connectivity index (χ1n) is 4.99. The maximum atomic E-state index is 11.9. The molecule has 1 heterocycles. The highest BCUT2D eigenvalue weighted by atomic mass is 32.2. The van der Waals surface area contributed by atoms with Crippen LogP contribution >= 0.6 is 0 Å². The predicted octanol–water partition coefficient (Wildman–Crippen LogP) is 2.22. The Balaban J connectivity index is 3.16. The van der Waals surface area contributed by atoms with Crippen LogP contribution in [0.4, 0.5) is 0 Å².